The Labute approximate surface area is 256 Å². The summed E-state index contributed by atoms with van der Waals surface area (Å²) in [5, 5.41) is 14.8. The predicted molar refractivity (Wildman–Crippen MR) is 160 cm³/mol. The first-order valence-corrected chi connectivity index (χ1v) is 14.8. The number of rotatable bonds is 5. The van der Waals surface area contributed by atoms with E-state index in [1.54, 1.807) is 4.90 Å². The molecule has 2 aromatic carbocycles. The fraction of sp³-hybridized carbons (Fsp3) is 0.424. The van der Waals surface area contributed by atoms with Crippen molar-refractivity contribution >= 4 is 27.5 Å². The van der Waals surface area contributed by atoms with Crippen LogP contribution in [0.25, 0.3) is 32.9 Å². The van der Waals surface area contributed by atoms with Gasteiger partial charge in [-0.2, -0.15) is 9.97 Å². The quantitative estimate of drug-likeness (QED) is 0.318. The fourth-order valence-corrected chi connectivity index (χ4v) is 7.43. The third-order valence-electron chi connectivity index (χ3n) is 9.52. The van der Waals surface area contributed by atoms with Crippen molar-refractivity contribution in [2.45, 2.75) is 55.9 Å². The normalized spacial score (nSPS) is 29.4. The molecule has 4 atom stereocenters. The molecule has 5 saturated heterocycles. The van der Waals surface area contributed by atoms with Crippen molar-refractivity contribution in [1.82, 2.24) is 25.2 Å². The highest BCUT2D eigenvalue weighted by molar-refractivity contribution is 6.03. The van der Waals surface area contributed by atoms with Crippen LogP contribution < -0.4 is 15.0 Å². The van der Waals surface area contributed by atoms with Gasteiger partial charge in [-0.25, -0.2) is 13.2 Å². The minimum Gasteiger partial charge on any atom is -0.508 e. The number of nitrogens with zero attached hydrogens (tertiary/aromatic N) is 5. The van der Waals surface area contributed by atoms with Crippen molar-refractivity contribution in [3.63, 3.8) is 0 Å². The van der Waals surface area contributed by atoms with Crippen LogP contribution >= 0.6 is 0 Å². The van der Waals surface area contributed by atoms with E-state index in [9.17, 15) is 13.9 Å². The number of alkyl halides is 1. The van der Waals surface area contributed by atoms with Gasteiger partial charge in [-0.15, -0.1) is 6.42 Å². The summed E-state index contributed by atoms with van der Waals surface area (Å²) in [6, 6.07) is 5.01. The topological polar surface area (TPSA) is 86.6 Å². The predicted octanol–water partition coefficient (Wildman–Crippen LogP) is 4.71. The lowest BCUT2D eigenvalue weighted by molar-refractivity contribution is 0.107. The Morgan fingerprint density at radius 2 is 2.14 bits per heavy atom. The Bertz CT molecular complexity index is 2000. The number of hydrogen-bond acceptors (Lipinski definition) is 8. The summed E-state index contributed by atoms with van der Waals surface area (Å²) in [7, 11) is 0. The van der Waals surface area contributed by atoms with Crippen LogP contribution in [-0.2, 0) is 0 Å². The number of phenolic OH excluding ortho intramolecular Hbond substituents is 1. The molecule has 5 aliphatic rings. The summed E-state index contributed by atoms with van der Waals surface area (Å²) < 4.78 is 78.7. The molecule has 226 valence electrons. The molecular weight excluding hydrogens is 569 g/mol. The number of piperidine rings is 2. The number of piperazine rings is 1. The number of phenols is 1. The molecule has 0 aliphatic carbocycles. The van der Waals surface area contributed by atoms with Crippen LogP contribution in [0, 0.1) is 24.0 Å². The number of terminal acetylenes is 1. The zero-order valence-electron chi connectivity index (χ0n) is 26.7. The van der Waals surface area contributed by atoms with Gasteiger partial charge >= 0.3 is 6.01 Å². The lowest BCUT2D eigenvalue weighted by Crippen LogP contribution is -2.61. The molecule has 44 heavy (non-hydrogen) atoms. The third kappa shape index (κ3) is 4.26. The van der Waals surface area contributed by atoms with Gasteiger partial charge in [0.2, 0.25) is 0 Å². The van der Waals surface area contributed by atoms with Crippen molar-refractivity contribution in [2.75, 3.05) is 37.6 Å². The number of pyridine rings is 1. The van der Waals surface area contributed by atoms with Crippen LogP contribution in [0.2, 0.25) is 0 Å². The van der Waals surface area contributed by atoms with E-state index in [4.69, 9.17) is 15.3 Å². The van der Waals surface area contributed by atoms with E-state index in [1.807, 2.05) is 4.90 Å². The summed E-state index contributed by atoms with van der Waals surface area (Å²) in [6.07, 6.45) is 7.03. The lowest BCUT2D eigenvalue weighted by Gasteiger charge is -2.46. The van der Waals surface area contributed by atoms with Crippen molar-refractivity contribution in [3.8, 4) is 35.4 Å². The SMILES string of the molecule is [2H]C([2H])(Oc1nc(N2CC3CCC2CN3)c2cnc(-c3cc(O)cc4ccc(F)c(C#C)c34)c(F)c2n1)[C@@]12CCCN1C[C@]([2H])(F)C2. The van der Waals surface area contributed by atoms with Crippen LogP contribution in [0.4, 0.5) is 19.0 Å². The Balaban J connectivity index is 1.32. The maximum absolute atomic E-state index is 16.9. The average molecular weight is 604 g/mol. The molecule has 9 rings (SSSR count). The first kappa shape index (κ1) is 24.2. The summed E-state index contributed by atoms with van der Waals surface area (Å²) in [5.74, 6) is 0.815. The van der Waals surface area contributed by atoms with Crippen molar-refractivity contribution < 1.29 is 27.1 Å². The minimum atomic E-state index is -2.53. The summed E-state index contributed by atoms with van der Waals surface area (Å²) in [5.41, 5.74) is -1.97. The molecule has 0 radical (unpaired) electrons. The highest BCUT2D eigenvalue weighted by Gasteiger charge is 2.49. The number of halogens is 3. The van der Waals surface area contributed by atoms with E-state index < -0.39 is 42.3 Å². The molecule has 5 aliphatic heterocycles. The Hall–Kier alpha value is -4.14. The Morgan fingerprint density at radius 1 is 1.25 bits per heavy atom. The van der Waals surface area contributed by atoms with Gasteiger partial charge in [-0.1, -0.05) is 12.0 Å². The summed E-state index contributed by atoms with van der Waals surface area (Å²) in [4.78, 5) is 17.1. The van der Waals surface area contributed by atoms with E-state index in [0.717, 1.165) is 12.8 Å². The van der Waals surface area contributed by atoms with Crippen LogP contribution in [0.3, 0.4) is 0 Å². The molecule has 11 heteroatoms. The monoisotopic (exact) mass is 603 g/mol. The standard InChI is InChI=1S/C33H31F3N6O2/c1-2-23-26(35)7-4-18-10-22(43)11-24(27(18)23)29-28(36)30-25(14-38-29)31(42-16-20-5-6-21(42)13-37-20)40-32(39-30)44-17-33-8-3-9-41(33)15-19(34)12-33/h1,4,7,10-11,14,19-21,37,43H,3,5-6,8-9,12-13,15-17H2/t19-,20?,21?,33+/m1/s1/i17D2,19D. The highest BCUT2D eigenvalue weighted by atomic mass is 19.1. The molecule has 0 spiro atoms. The first-order valence-electron chi connectivity index (χ1n) is 16.3. The number of hydrogen-bond donors (Lipinski definition) is 2. The summed E-state index contributed by atoms with van der Waals surface area (Å²) in [6.45, 7) is -1.11. The molecule has 7 heterocycles. The molecule has 5 fully saturated rings. The molecule has 2 N–H and O–H groups in total. The molecule has 2 bridgehead atoms. The molecule has 8 nitrogen and oxygen atoms in total. The largest absolute Gasteiger partial charge is 0.508 e. The van der Waals surface area contributed by atoms with Crippen LogP contribution in [0.1, 0.15) is 41.8 Å². The van der Waals surface area contributed by atoms with Gasteiger partial charge in [-0.3, -0.25) is 9.88 Å². The molecule has 2 unspecified atom stereocenters. The van der Waals surface area contributed by atoms with Crippen molar-refractivity contribution in [2.24, 2.45) is 0 Å². The van der Waals surface area contributed by atoms with E-state index in [-0.39, 0.29) is 63.9 Å². The van der Waals surface area contributed by atoms with Gasteiger partial charge < -0.3 is 20.1 Å². The number of ether oxygens (including phenoxy) is 1. The number of fused-ring (bicyclic) bond motifs is 6. The number of nitrogens with one attached hydrogen (secondary N) is 1. The van der Waals surface area contributed by atoms with Crippen LogP contribution in [0.15, 0.2) is 30.5 Å². The fourth-order valence-electron chi connectivity index (χ4n) is 7.43. The first-order chi connectivity index (χ1) is 22.4. The lowest BCUT2D eigenvalue weighted by atomic mass is 9.92. The van der Waals surface area contributed by atoms with Gasteiger partial charge in [0, 0.05) is 55.3 Å². The number of anilines is 1. The molecular formula is C33H31F3N6O2. The second-order valence-corrected chi connectivity index (χ2v) is 12.1. The third-order valence-corrected chi connectivity index (χ3v) is 9.52. The van der Waals surface area contributed by atoms with E-state index in [2.05, 4.69) is 26.2 Å². The molecule has 4 aromatic rings. The second-order valence-electron chi connectivity index (χ2n) is 12.1. The zero-order chi connectivity index (χ0) is 32.9. The zero-order valence-corrected chi connectivity index (χ0v) is 23.7. The van der Waals surface area contributed by atoms with Gasteiger partial charge in [-0.05, 0) is 55.8 Å². The maximum atomic E-state index is 16.9. The number of aromatic hydroxyl groups is 1. The van der Waals surface area contributed by atoms with Gasteiger partial charge in [0.1, 0.15) is 41.3 Å². The van der Waals surface area contributed by atoms with E-state index in [1.165, 1.54) is 30.5 Å². The van der Waals surface area contributed by atoms with Crippen LogP contribution in [-0.4, -0.2) is 81.5 Å². The second kappa shape index (κ2) is 10.2. The van der Waals surface area contributed by atoms with Gasteiger partial charge in [0.25, 0.3) is 0 Å². The van der Waals surface area contributed by atoms with Gasteiger partial charge in [0.15, 0.2) is 5.82 Å². The van der Waals surface area contributed by atoms with Gasteiger partial charge in [0.05, 0.1) is 20.6 Å². The van der Waals surface area contributed by atoms with Crippen molar-refractivity contribution in [3.05, 3.63) is 47.7 Å². The number of benzene rings is 2. The Kier molecular flexibility index (Phi) is 5.62. The minimum absolute atomic E-state index is 0.0239. The summed E-state index contributed by atoms with van der Waals surface area (Å²) >= 11 is 0. The maximum Gasteiger partial charge on any atom is 0.319 e. The van der Waals surface area contributed by atoms with E-state index >= 15 is 4.39 Å². The number of aromatic nitrogens is 3. The van der Waals surface area contributed by atoms with Crippen molar-refractivity contribution in [1.29, 1.82) is 0 Å². The molecule has 0 saturated carbocycles. The highest BCUT2D eigenvalue weighted by Crippen LogP contribution is 2.42. The molecule has 0 amide bonds. The van der Waals surface area contributed by atoms with E-state index in [0.29, 0.717) is 37.3 Å². The molecule has 2 aromatic heterocycles. The van der Waals surface area contributed by atoms with Crippen LogP contribution in [0.5, 0.6) is 11.8 Å². The average Bonchev–Trinajstić information content (AvgIpc) is 3.55. The smallest absolute Gasteiger partial charge is 0.319 e. The Morgan fingerprint density at radius 3 is 2.91 bits per heavy atom.